The van der Waals surface area contributed by atoms with E-state index in [2.05, 4.69) is 4.98 Å². The van der Waals surface area contributed by atoms with E-state index in [1.54, 1.807) is 0 Å². The van der Waals surface area contributed by atoms with Crippen molar-refractivity contribution < 1.29 is 15.0 Å². The number of pyridine rings is 1. The number of aromatic nitrogens is 1. The molecule has 0 fully saturated rings. The largest absolute Gasteiger partial charge is 0.489 e. The summed E-state index contributed by atoms with van der Waals surface area (Å²) in [6.07, 6.45) is 2.79. The number of nitro groups is 1. The average Bonchev–Trinajstić information content (AvgIpc) is 2.27. The zero-order chi connectivity index (χ0) is 11.7. The molecule has 16 heavy (non-hydrogen) atoms. The summed E-state index contributed by atoms with van der Waals surface area (Å²) in [6, 6.07) is 4.03. The van der Waals surface area contributed by atoms with Crippen LogP contribution in [0.2, 0.25) is 0 Å². The maximum Gasteiger partial charge on any atom is 0.489 e. The minimum atomic E-state index is -1.67. The van der Waals surface area contributed by atoms with Gasteiger partial charge in [0.25, 0.3) is 5.69 Å². The third kappa shape index (κ3) is 1.62. The number of hydrogen-bond acceptors (Lipinski definition) is 5. The number of fused-ring (bicyclic) bond motifs is 1. The van der Waals surface area contributed by atoms with E-state index in [0.717, 1.165) is 0 Å². The molecule has 0 atom stereocenters. The summed E-state index contributed by atoms with van der Waals surface area (Å²) < 4.78 is 0. The van der Waals surface area contributed by atoms with Crippen LogP contribution in [-0.4, -0.2) is 27.1 Å². The van der Waals surface area contributed by atoms with E-state index in [-0.39, 0.29) is 11.2 Å². The third-order valence-electron chi connectivity index (χ3n) is 2.30. The van der Waals surface area contributed by atoms with Crippen molar-refractivity contribution in [3.63, 3.8) is 0 Å². The molecule has 1 aromatic carbocycles. The maximum absolute atomic E-state index is 10.8. The molecular formula is C9H7BN2O4. The minimum Gasteiger partial charge on any atom is -0.423 e. The minimum absolute atomic E-state index is 0.0817. The average molecular weight is 218 g/mol. The molecule has 6 nitrogen and oxygen atoms in total. The molecule has 1 heterocycles. The number of nitro benzene ring substituents is 1. The van der Waals surface area contributed by atoms with Crippen LogP contribution in [0.25, 0.3) is 10.8 Å². The third-order valence-corrected chi connectivity index (χ3v) is 2.30. The van der Waals surface area contributed by atoms with Gasteiger partial charge >= 0.3 is 7.12 Å². The van der Waals surface area contributed by atoms with Crippen LogP contribution in [0.4, 0.5) is 5.69 Å². The van der Waals surface area contributed by atoms with E-state index in [0.29, 0.717) is 10.8 Å². The highest BCUT2D eigenvalue weighted by molar-refractivity contribution is 6.62. The number of benzene rings is 1. The van der Waals surface area contributed by atoms with Gasteiger partial charge in [0.15, 0.2) is 0 Å². The first-order valence-electron chi connectivity index (χ1n) is 4.48. The molecule has 2 aromatic rings. The van der Waals surface area contributed by atoms with Crippen molar-refractivity contribution in [2.75, 3.05) is 0 Å². The zero-order valence-corrected chi connectivity index (χ0v) is 8.07. The predicted molar refractivity (Wildman–Crippen MR) is 58.2 cm³/mol. The van der Waals surface area contributed by atoms with E-state index in [4.69, 9.17) is 10.0 Å². The van der Waals surface area contributed by atoms with Crippen molar-refractivity contribution in [1.82, 2.24) is 4.98 Å². The molecule has 0 spiro atoms. The fraction of sp³-hybridized carbons (Fsp3) is 0. The van der Waals surface area contributed by atoms with Gasteiger partial charge in [-0.3, -0.25) is 15.1 Å². The molecule has 7 heteroatoms. The second-order valence-corrected chi connectivity index (χ2v) is 3.23. The van der Waals surface area contributed by atoms with Crippen molar-refractivity contribution in [3.8, 4) is 0 Å². The highest BCUT2D eigenvalue weighted by Gasteiger charge is 2.20. The second-order valence-electron chi connectivity index (χ2n) is 3.23. The highest BCUT2D eigenvalue weighted by atomic mass is 16.6. The molecular weight excluding hydrogens is 211 g/mol. The van der Waals surface area contributed by atoms with Crippen molar-refractivity contribution in [2.24, 2.45) is 0 Å². The van der Waals surface area contributed by atoms with Gasteiger partial charge < -0.3 is 10.0 Å². The van der Waals surface area contributed by atoms with Gasteiger partial charge in [-0.1, -0.05) is 6.07 Å². The van der Waals surface area contributed by atoms with E-state index >= 15 is 0 Å². The molecule has 1 aromatic heterocycles. The molecule has 2 rings (SSSR count). The van der Waals surface area contributed by atoms with Crippen LogP contribution < -0.4 is 5.46 Å². The van der Waals surface area contributed by atoms with Crippen molar-refractivity contribution in [3.05, 3.63) is 40.7 Å². The molecule has 0 saturated carbocycles. The predicted octanol–water partition coefficient (Wildman–Crippen LogP) is -0.177. The van der Waals surface area contributed by atoms with Crippen molar-refractivity contribution in [2.45, 2.75) is 0 Å². The van der Waals surface area contributed by atoms with Gasteiger partial charge in [-0.05, 0) is 11.5 Å². The van der Waals surface area contributed by atoms with Crippen LogP contribution in [0.15, 0.2) is 30.6 Å². The Bertz CT molecular complexity index is 558. The molecule has 0 aliphatic heterocycles. The van der Waals surface area contributed by atoms with Gasteiger partial charge in [0.2, 0.25) is 0 Å². The summed E-state index contributed by atoms with van der Waals surface area (Å²) >= 11 is 0. The first kappa shape index (κ1) is 10.5. The molecule has 0 unspecified atom stereocenters. The molecule has 0 bridgehead atoms. The molecule has 0 saturated heterocycles. The lowest BCUT2D eigenvalue weighted by atomic mass is 9.77. The molecule has 80 valence electrons. The summed E-state index contributed by atoms with van der Waals surface area (Å²) in [5.74, 6) is 0. The van der Waals surface area contributed by atoms with Gasteiger partial charge in [0.1, 0.15) is 0 Å². The van der Waals surface area contributed by atoms with E-state index in [9.17, 15) is 10.1 Å². The van der Waals surface area contributed by atoms with Crippen LogP contribution in [0, 0.1) is 10.1 Å². The number of hydrogen-bond donors (Lipinski definition) is 2. The summed E-state index contributed by atoms with van der Waals surface area (Å²) in [5, 5.41) is 29.7. The number of non-ortho nitro benzene ring substituents is 1. The first-order chi connectivity index (χ1) is 7.61. The molecule has 2 N–H and O–H groups in total. The SMILES string of the molecule is O=[N+]([O-])c1ccc(B(O)O)c2cnccc12. The fourth-order valence-corrected chi connectivity index (χ4v) is 1.58. The Kier molecular flexibility index (Phi) is 2.55. The van der Waals surface area contributed by atoms with Crippen LogP contribution >= 0.6 is 0 Å². The van der Waals surface area contributed by atoms with Gasteiger partial charge in [0, 0.05) is 23.8 Å². The lowest BCUT2D eigenvalue weighted by Crippen LogP contribution is -2.30. The topological polar surface area (TPSA) is 96.5 Å². The summed E-state index contributed by atoms with van der Waals surface area (Å²) in [4.78, 5) is 14.0. The van der Waals surface area contributed by atoms with E-state index in [1.807, 2.05) is 0 Å². The quantitative estimate of drug-likeness (QED) is 0.414. The second kappa shape index (κ2) is 3.88. The Morgan fingerprint density at radius 2 is 2.00 bits per heavy atom. The fourth-order valence-electron chi connectivity index (χ4n) is 1.58. The monoisotopic (exact) mass is 218 g/mol. The molecule has 0 aliphatic carbocycles. The first-order valence-corrected chi connectivity index (χ1v) is 4.48. The standard InChI is InChI=1S/C9H7BN2O4/c13-10(14)8-1-2-9(12(15)16)6-3-4-11-5-7(6)8/h1-5,13-14H. The van der Waals surface area contributed by atoms with E-state index in [1.165, 1.54) is 30.6 Å². The molecule has 0 amide bonds. The summed E-state index contributed by atoms with van der Waals surface area (Å²) in [5.41, 5.74) is 0.121. The molecule has 0 radical (unpaired) electrons. The Morgan fingerprint density at radius 1 is 1.25 bits per heavy atom. The smallest absolute Gasteiger partial charge is 0.423 e. The van der Waals surface area contributed by atoms with Gasteiger partial charge in [0.05, 0.1) is 10.3 Å². The Balaban J connectivity index is 2.82. The zero-order valence-electron chi connectivity index (χ0n) is 8.07. The Morgan fingerprint density at radius 3 is 2.62 bits per heavy atom. The van der Waals surface area contributed by atoms with Crippen molar-refractivity contribution in [1.29, 1.82) is 0 Å². The van der Waals surface area contributed by atoms with Crippen LogP contribution in [-0.2, 0) is 0 Å². The highest BCUT2D eigenvalue weighted by Crippen LogP contribution is 2.22. The Hall–Kier alpha value is -1.99. The summed E-state index contributed by atoms with van der Waals surface area (Å²) in [6.45, 7) is 0. The normalized spacial score (nSPS) is 10.4. The van der Waals surface area contributed by atoms with Crippen LogP contribution in [0.1, 0.15) is 0 Å². The van der Waals surface area contributed by atoms with Crippen molar-refractivity contribution >= 4 is 29.0 Å². The van der Waals surface area contributed by atoms with Gasteiger partial charge in [-0.2, -0.15) is 0 Å². The Labute approximate surface area is 90.5 Å². The lowest BCUT2D eigenvalue weighted by molar-refractivity contribution is -0.383. The van der Waals surface area contributed by atoms with Gasteiger partial charge in [-0.15, -0.1) is 0 Å². The lowest BCUT2D eigenvalue weighted by Gasteiger charge is -2.05. The van der Waals surface area contributed by atoms with Crippen LogP contribution in [0.5, 0.6) is 0 Å². The number of rotatable bonds is 2. The van der Waals surface area contributed by atoms with Crippen LogP contribution in [0.3, 0.4) is 0 Å². The van der Waals surface area contributed by atoms with E-state index < -0.39 is 12.0 Å². The summed E-state index contributed by atoms with van der Waals surface area (Å²) in [7, 11) is -1.67. The van der Waals surface area contributed by atoms with Gasteiger partial charge in [-0.25, -0.2) is 0 Å². The molecule has 0 aliphatic rings. The maximum atomic E-state index is 10.8. The number of nitrogens with zero attached hydrogens (tertiary/aromatic N) is 2.